The Bertz CT molecular complexity index is 236. The Labute approximate surface area is 79.9 Å². The van der Waals surface area contributed by atoms with Gasteiger partial charge in [-0.3, -0.25) is 9.97 Å². The fraction of sp³-hybridized carbons (Fsp3) is 0.600. The van der Waals surface area contributed by atoms with Gasteiger partial charge >= 0.3 is 0 Å². The number of aromatic nitrogens is 2. The minimum atomic E-state index is -0.888. The Kier molecular flexibility index (Phi) is 4.56. The van der Waals surface area contributed by atoms with Crippen molar-refractivity contribution in [2.45, 2.75) is 40.2 Å². The first-order valence-electron chi connectivity index (χ1n) is 4.51. The molecule has 0 saturated carbocycles. The summed E-state index contributed by atoms with van der Waals surface area (Å²) >= 11 is 0. The zero-order chi connectivity index (χ0) is 10.5. The van der Waals surface area contributed by atoms with Gasteiger partial charge < -0.3 is 5.11 Å². The van der Waals surface area contributed by atoms with Gasteiger partial charge in [0, 0.05) is 6.20 Å². The van der Waals surface area contributed by atoms with Gasteiger partial charge in [-0.15, -0.1) is 0 Å². The second-order valence-corrected chi connectivity index (χ2v) is 3.10. The summed E-state index contributed by atoms with van der Waals surface area (Å²) in [6.07, 6.45) is 3.24. The van der Waals surface area contributed by atoms with E-state index in [9.17, 15) is 5.11 Å². The Balaban J connectivity index is 0.000000671. The summed E-state index contributed by atoms with van der Waals surface area (Å²) in [5.74, 6) is 0. The summed E-state index contributed by atoms with van der Waals surface area (Å²) < 4.78 is 0. The first-order chi connectivity index (χ1) is 6.00. The molecule has 0 aliphatic carbocycles. The summed E-state index contributed by atoms with van der Waals surface area (Å²) in [5, 5.41) is 9.48. The molecule has 0 amide bonds. The van der Waals surface area contributed by atoms with Crippen molar-refractivity contribution in [2.75, 3.05) is 0 Å². The first kappa shape index (κ1) is 12.0. The molecule has 3 nitrogen and oxygen atoms in total. The van der Waals surface area contributed by atoms with E-state index in [1.807, 2.05) is 20.8 Å². The highest BCUT2D eigenvalue weighted by Gasteiger charge is 2.17. The van der Waals surface area contributed by atoms with Crippen molar-refractivity contribution in [3.8, 4) is 0 Å². The molecule has 0 aliphatic heterocycles. The molecule has 0 spiro atoms. The van der Waals surface area contributed by atoms with Gasteiger partial charge in [-0.2, -0.15) is 0 Å². The second-order valence-electron chi connectivity index (χ2n) is 3.10. The summed E-state index contributed by atoms with van der Waals surface area (Å²) in [6.45, 7) is 9.24. The predicted octanol–water partition coefficient (Wildman–Crippen LogP) is 2.04. The third kappa shape index (κ3) is 3.99. The van der Waals surface area contributed by atoms with E-state index in [4.69, 9.17) is 0 Å². The number of hydrogen-bond acceptors (Lipinski definition) is 3. The van der Waals surface area contributed by atoms with E-state index in [1.165, 1.54) is 0 Å². The van der Waals surface area contributed by atoms with E-state index < -0.39 is 5.60 Å². The minimum Gasteiger partial charge on any atom is -0.384 e. The highest BCUT2D eigenvalue weighted by atomic mass is 16.3. The Morgan fingerprint density at radius 1 is 1.15 bits per heavy atom. The fourth-order valence-corrected chi connectivity index (χ4v) is 0.709. The molecule has 74 valence electrons. The maximum Gasteiger partial charge on any atom is 0.102 e. The molecule has 0 aliphatic rings. The van der Waals surface area contributed by atoms with Crippen molar-refractivity contribution in [3.63, 3.8) is 0 Å². The van der Waals surface area contributed by atoms with Gasteiger partial charge in [-0.05, 0) is 20.8 Å². The molecule has 0 unspecified atom stereocenters. The zero-order valence-electron chi connectivity index (χ0n) is 9.00. The van der Waals surface area contributed by atoms with E-state index >= 15 is 0 Å². The van der Waals surface area contributed by atoms with Crippen molar-refractivity contribution >= 4 is 0 Å². The van der Waals surface area contributed by atoms with Crippen LogP contribution in [0.4, 0.5) is 0 Å². The molecule has 13 heavy (non-hydrogen) atoms. The molecule has 0 atom stereocenters. The molecular formula is C10H18N2O. The van der Waals surface area contributed by atoms with Crippen molar-refractivity contribution in [1.82, 2.24) is 9.97 Å². The van der Waals surface area contributed by atoms with Crippen LogP contribution in [0.5, 0.6) is 0 Å². The third-order valence-electron chi connectivity index (χ3n) is 1.41. The van der Waals surface area contributed by atoms with Gasteiger partial charge in [0.05, 0.1) is 17.6 Å². The molecule has 1 heterocycles. The van der Waals surface area contributed by atoms with E-state index in [2.05, 4.69) is 9.97 Å². The van der Waals surface area contributed by atoms with E-state index in [0.29, 0.717) is 5.69 Å². The van der Waals surface area contributed by atoms with Gasteiger partial charge in [-0.25, -0.2) is 0 Å². The van der Waals surface area contributed by atoms with E-state index in [1.54, 1.807) is 26.2 Å². The molecule has 0 fully saturated rings. The highest BCUT2D eigenvalue weighted by Crippen LogP contribution is 2.14. The van der Waals surface area contributed by atoms with Gasteiger partial charge in [0.2, 0.25) is 0 Å². The SMILES string of the molecule is CC.Cc1cnc(C(C)(C)O)cn1. The van der Waals surface area contributed by atoms with Crippen LogP contribution in [0, 0.1) is 6.92 Å². The molecule has 1 N–H and O–H groups in total. The van der Waals surface area contributed by atoms with Crippen LogP contribution >= 0.6 is 0 Å². The summed E-state index contributed by atoms with van der Waals surface area (Å²) in [4.78, 5) is 8.06. The lowest BCUT2D eigenvalue weighted by molar-refractivity contribution is 0.0734. The van der Waals surface area contributed by atoms with Crippen LogP contribution in [0.25, 0.3) is 0 Å². The number of rotatable bonds is 1. The normalized spacial score (nSPS) is 10.3. The maximum absolute atomic E-state index is 9.48. The molecule has 1 aromatic heterocycles. The fourth-order valence-electron chi connectivity index (χ4n) is 0.709. The van der Waals surface area contributed by atoms with E-state index in [-0.39, 0.29) is 0 Å². The lowest BCUT2D eigenvalue weighted by Gasteiger charge is -2.15. The van der Waals surface area contributed by atoms with Crippen LogP contribution in [-0.2, 0) is 5.60 Å². The van der Waals surface area contributed by atoms with Gasteiger partial charge in [-0.1, -0.05) is 13.8 Å². The Morgan fingerprint density at radius 2 is 1.69 bits per heavy atom. The van der Waals surface area contributed by atoms with Crippen molar-refractivity contribution < 1.29 is 5.11 Å². The molecular weight excluding hydrogens is 164 g/mol. The van der Waals surface area contributed by atoms with Crippen molar-refractivity contribution in [1.29, 1.82) is 0 Å². The van der Waals surface area contributed by atoms with Crippen molar-refractivity contribution in [3.05, 3.63) is 23.8 Å². The molecule has 0 saturated heterocycles. The predicted molar refractivity (Wildman–Crippen MR) is 53.4 cm³/mol. The highest BCUT2D eigenvalue weighted by molar-refractivity contribution is 5.07. The summed E-state index contributed by atoms with van der Waals surface area (Å²) in [6, 6.07) is 0. The topological polar surface area (TPSA) is 46.0 Å². The third-order valence-corrected chi connectivity index (χ3v) is 1.41. The Morgan fingerprint density at radius 3 is 2.00 bits per heavy atom. The molecule has 3 heteroatoms. The quantitative estimate of drug-likeness (QED) is 0.723. The zero-order valence-corrected chi connectivity index (χ0v) is 9.00. The standard InChI is InChI=1S/C8H12N2O.C2H6/c1-6-4-10-7(5-9-6)8(2,3)11;1-2/h4-5,11H,1-3H3;1-2H3. The van der Waals surface area contributed by atoms with Gasteiger partial charge in [0.15, 0.2) is 0 Å². The molecule has 0 radical (unpaired) electrons. The minimum absolute atomic E-state index is 0.600. The average molecular weight is 182 g/mol. The molecule has 1 rings (SSSR count). The molecule has 0 aromatic carbocycles. The van der Waals surface area contributed by atoms with Crippen LogP contribution in [0.1, 0.15) is 39.1 Å². The van der Waals surface area contributed by atoms with Crippen LogP contribution in [-0.4, -0.2) is 15.1 Å². The van der Waals surface area contributed by atoms with E-state index in [0.717, 1.165) is 5.69 Å². The summed E-state index contributed by atoms with van der Waals surface area (Å²) in [7, 11) is 0. The van der Waals surface area contributed by atoms with Crippen molar-refractivity contribution in [2.24, 2.45) is 0 Å². The number of aryl methyl sites for hydroxylation is 1. The van der Waals surface area contributed by atoms with Crippen LogP contribution in [0.15, 0.2) is 12.4 Å². The molecule has 1 aromatic rings. The lowest BCUT2D eigenvalue weighted by atomic mass is 10.1. The van der Waals surface area contributed by atoms with Crippen LogP contribution in [0.3, 0.4) is 0 Å². The second kappa shape index (κ2) is 4.92. The average Bonchev–Trinajstić information content (AvgIpc) is 2.07. The number of hydrogen-bond donors (Lipinski definition) is 1. The van der Waals surface area contributed by atoms with Crippen LogP contribution < -0.4 is 0 Å². The Hall–Kier alpha value is -0.960. The molecule has 0 bridgehead atoms. The number of aliphatic hydroxyl groups is 1. The van der Waals surface area contributed by atoms with Gasteiger partial charge in [0.1, 0.15) is 5.60 Å². The first-order valence-corrected chi connectivity index (χ1v) is 4.51. The van der Waals surface area contributed by atoms with Gasteiger partial charge in [0.25, 0.3) is 0 Å². The number of nitrogens with zero attached hydrogens (tertiary/aromatic N) is 2. The lowest BCUT2D eigenvalue weighted by Crippen LogP contribution is -2.17. The largest absolute Gasteiger partial charge is 0.384 e. The smallest absolute Gasteiger partial charge is 0.102 e. The van der Waals surface area contributed by atoms with Crippen LogP contribution in [0.2, 0.25) is 0 Å². The summed E-state index contributed by atoms with van der Waals surface area (Å²) in [5.41, 5.74) is 0.571. The monoisotopic (exact) mass is 182 g/mol. The maximum atomic E-state index is 9.48.